The van der Waals surface area contributed by atoms with E-state index in [-0.39, 0.29) is 0 Å². The summed E-state index contributed by atoms with van der Waals surface area (Å²) in [6.45, 7) is 6.68. The molecule has 0 unspecified atom stereocenters. The van der Waals surface area contributed by atoms with Gasteiger partial charge in [0.15, 0.2) is 0 Å². The van der Waals surface area contributed by atoms with Crippen molar-refractivity contribution in [3.63, 3.8) is 0 Å². The second-order valence-corrected chi connectivity index (χ2v) is 4.18. The lowest BCUT2D eigenvalue weighted by molar-refractivity contribution is 0.0561. The van der Waals surface area contributed by atoms with Gasteiger partial charge < -0.3 is 5.32 Å². The minimum Gasteiger partial charge on any atom is -0.379 e. The molecule has 0 aromatic carbocycles. The molecule has 0 amide bonds. The minimum absolute atomic E-state index is 0.638. The average Bonchev–Trinajstić information content (AvgIpc) is 2.29. The first-order valence-corrected chi connectivity index (χ1v) is 5.71. The van der Waals surface area contributed by atoms with Gasteiger partial charge >= 0.3 is 0 Å². The van der Waals surface area contributed by atoms with Gasteiger partial charge in [0.1, 0.15) is 0 Å². The highest BCUT2D eigenvalue weighted by Gasteiger charge is 2.17. The third kappa shape index (κ3) is 4.64. The van der Waals surface area contributed by atoms with Crippen molar-refractivity contribution in [2.45, 2.75) is 19.5 Å². The van der Waals surface area contributed by atoms with E-state index < -0.39 is 0 Å². The number of rotatable bonds is 0. The molecule has 2 heterocycles. The molecule has 0 aromatic heterocycles. The van der Waals surface area contributed by atoms with Crippen molar-refractivity contribution in [2.24, 2.45) is 0 Å². The SMILES string of the molecule is C1=CNCNC1.CC1N(C)CCCN1C. The highest BCUT2D eigenvalue weighted by molar-refractivity contribution is 4.84. The predicted molar refractivity (Wildman–Crippen MR) is 64.5 cm³/mol. The van der Waals surface area contributed by atoms with Crippen LogP contribution in [0.5, 0.6) is 0 Å². The Bertz CT molecular complexity index is 175. The predicted octanol–water partition coefficient (Wildman–Crippen LogP) is 0.250. The molecule has 2 N–H and O–H groups in total. The van der Waals surface area contributed by atoms with Crippen LogP contribution in [0.1, 0.15) is 13.3 Å². The van der Waals surface area contributed by atoms with Gasteiger partial charge in [-0.15, -0.1) is 0 Å². The lowest BCUT2D eigenvalue weighted by Crippen LogP contribution is -2.48. The molecule has 0 spiro atoms. The molecule has 2 rings (SSSR count). The topological polar surface area (TPSA) is 30.5 Å². The minimum atomic E-state index is 0.638. The van der Waals surface area contributed by atoms with E-state index in [1.165, 1.54) is 19.5 Å². The maximum atomic E-state index is 3.09. The number of nitrogens with zero attached hydrogens (tertiary/aromatic N) is 2. The molecule has 0 bridgehead atoms. The van der Waals surface area contributed by atoms with Crippen LogP contribution in [-0.4, -0.2) is 56.4 Å². The fraction of sp³-hybridized carbons (Fsp3) is 0.818. The summed E-state index contributed by atoms with van der Waals surface area (Å²) in [6.07, 6.45) is 5.95. The molecule has 1 saturated heterocycles. The van der Waals surface area contributed by atoms with Crippen molar-refractivity contribution in [2.75, 3.05) is 40.4 Å². The molecular formula is C11H24N4. The Balaban J connectivity index is 0.000000162. The van der Waals surface area contributed by atoms with E-state index in [9.17, 15) is 0 Å². The summed E-state index contributed by atoms with van der Waals surface area (Å²) in [5, 5.41) is 6.08. The monoisotopic (exact) mass is 212 g/mol. The first-order chi connectivity index (χ1) is 7.22. The Morgan fingerprint density at radius 1 is 1.20 bits per heavy atom. The molecule has 2 aliphatic rings. The third-order valence-electron chi connectivity index (χ3n) is 3.02. The largest absolute Gasteiger partial charge is 0.379 e. The van der Waals surface area contributed by atoms with Crippen LogP contribution in [0.25, 0.3) is 0 Å². The highest BCUT2D eigenvalue weighted by Crippen LogP contribution is 2.08. The molecule has 15 heavy (non-hydrogen) atoms. The van der Waals surface area contributed by atoms with Crippen molar-refractivity contribution >= 4 is 0 Å². The van der Waals surface area contributed by atoms with Gasteiger partial charge in [-0.25, -0.2) is 0 Å². The zero-order valence-electron chi connectivity index (χ0n) is 10.2. The van der Waals surface area contributed by atoms with Crippen LogP contribution in [0.15, 0.2) is 12.3 Å². The normalized spacial score (nSPS) is 24.2. The van der Waals surface area contributed by atoms with Crippen LogP contribution < -0.4 is 10.6 Å². The molecule has 4 heteroatoms. The standard InChI is InChI=1S/C7H16N2.C4H8N2/c1-7-8(2)5-4-6-9(7)3;1-2-5-4-6-3-1/h7H,4-6H2,1-3H3;1-2,5-6H,3-4H2. The Kier molecular flexibility index (Phi) is 5.68. The van der Waals surface area contributed by atoms with Crippen LogP contribution in [0.4, 0.5) is 0 Å². The van der Waals surface area contributed by atoms with E-state index >= 15 is 0 Å². The number of hydrogen-bond acceptors (Lipinski definition) is 4. The van der Waals surface area contributed by atoms with Gasteiger partial charge in [-0.05, 0) is 33.6 Å². The lowest BCUT2D eigenvalue weighted by Gasteiger charge is -2.37. The summed E-state index contributed by atoms with van der Waals surface area (Å²) in [6, 6.07) is 0. The second-order valence-electron chi connectivity index (χ2n) is 4.18. The molecule has 4 nitrogen and oxygen atoms in total. The van der Waals surface area contributed by atoms with Crippen LogP contribution in [0.3, 0.4) is 0 Å². The molecule has 0 radical (unpaired) electrons. The summed E-state index contributed by atoms with van der Waals surface area (Å²) in [4.78, 5) is 4.76. The second kappa shape index (κ2) is 6.82. The van der Waals surface area contributed by atoms with Crippen molar-refractivity contribution in [3.8, 4) is 0 Å². The molecule has 0 atom stereocenters. The fourth-order valence-corrected chi connectivity index (χ4v) is 1.71. The van der Waals surface area contributed by atoms with Gasteiger partial charge in [0.25, 0.3) is 0 Å². The molecule has 0 aromatic rings. The number of nitrogens with one attached hydrogen (secondary N) is 2. The quantitative estimate of drug-likeness (QED) is 0.603. The van der Waals surface area contributed by atoms with Gasteiger partial charge in [0.2, 0.25) is 0 Å². The van der Waals surface area contributed by atoms with Crippen molar-refractivity contribution in [3.05, 3.63) is 12.3 Å². The van der Waals surface area contributed by atoms with Gasteiger partial charge in [0, 0.05) is 19.6 Å². The smallest absolute Gasteiger partial charge is 0.0650 e. The molecular weight excluding hydrogens is 188 g/mol. The Hall–Kier alpha value is -0.580. The molecule has 88 valence electrons. The fourth-order valence-electron chi connectivity index (χ4n) is 1.71. The number of hydrogen-bond donors (Lipinski definition) is 2. The highest BCUT2D eigenvalue weighted by atomic mass is 15.3. The van der Waals surface area contributed by atoms with E-state index in [0.29, 0.717) is 6.17 Å². The van der Waals surface area contributed by atoms with Crippen LogP contribution >= 0.6 is 0 Å². The van der Waals surface area contributed by atoms with Gasteiger partial charge in [-0.2, -0.15) is 0 Å². The summed E-state index contributed by atoms with van der Waals surface area (Å²) in [7, 11) is 4.36. The van der Waals surface area contributed by atoms with Crippen molar-refractivity contribution in [1.29, 1.82) is 0 Å². The van der Waals surface area contributed by atoms with Crippen LogP contribution in [-0.2, 0) is 0 Å². The van der Waals surface area contributed by atoms with Gasteiger partial charge in [-0.1, -0.05) is 6.08 Å². The zero-order valence-corrected chi connectivity index (χ0v) is 10.2. The first kappa shape index (κ1) is 12.5. The van der Waals surface area contributed by atoms with Crippen LogP contribution in [0.2, 0.25) is 0 Å². The van der Waals surface area contributed by atoms with E-state index in [4.69, 9.17) is 0 Å². The molecule has 2 aliphatic heterocycles. The molecule has 1 fully saturated rings. The summed E-state index contributed by atoms with van der Waals surface area (Å²) >= 11 is 0. The van der Waals surface area contributed by atoms with E-state index in [0.717, 1.165) is 13.2 Å². The van der Waals surface area contributed by atoms with Gasteiger partial charge in [0.05, 0.1) is 12.8 Å². The Labute approximate surface area is 93.3 Å². The van der Waals surface area contributed by atoms with Crippen molar-refractivity contribution < 1.29 is 0 Å². The molecule has 0 aliphatic carbocycles. The summed E-state index contributed by atoms with van der Waals surface area (Å²) < 4.78 is 0. The van der Waals surface area contributed by atoms with Crippen molar-refractivity contribution in [1.82, 2.24) is 20.4 Å². The maximum absolute atomic E-state index is 3.09. The lowest BCUT2D eigenvalue weighted by atomic mass is 10.2. The third-order valence-corrected chi connectivity index (χ3v) is 3.02. The summed E-state index contributed by atoms with van der Waals surface area (Å²) in [5.74, 6) is 0. The maximum Gasteiger partial charge on any atom is 0.0650 e. The summed E-state index contributed by atoms with van der Waals surface area (Å²) in [5.41, 5.74) is 0. The Morgan fingerprint density at radius 3 is 2.13 bits per heavy atom. The first-order valence-electron chi connectivity index (χ1n) is 5.71. The van der Waals surface area contributed by atoms with E-state index in [1.54, 1.807) is 0 Å². The van der Waals surface area contributed by atoms with E-state index in [1.807, 2.05) is 12.3 Å². The van der Waals surface area contributed by atoms with Gasteiger partial charge in [-0.3, -0.25) is 15.1 Å². The average molecular weight is 212 g/mol. The van der Waals surface area contributed by atoms with Crippen LogP contribution in [0, 0.1) is 0 Å². The Morgan fingerprint density at radius 2 is 1.87 bits per heavy atom. The molecule has 0 saturated carbocycles. The zero-order chi connectivity index (χ0) is 11.1. The van der Waals surface area contributed by atoms with E-state index in [2.05, 4.69) is 41.5 Å².